The van der Waals surface area contributed by atoms with Crippen LogP contribution in [0.1, 0.15) is 33.1 Å². The van der Waals surface area contributed by atoms with Crippen molar-refractivity contribution in [2.45, 2.75) is 51.3 Å². The SMILES string of the molecule is COCCNCC(O)CN1[C@H](C)CCC[C@@H]1C. The Kier molecular flexibility index (Phi) is 7.04. The van der Waals surface area contributed by atoms with Crippen LogP contribution in [-0.4, -0.2) is 61.5 Å². The molecule has 0 spiro atoms. The van der Waals surface area contributed by atoms with Gasteiger partial charge in [0.1, 0.15) is 0 Å². The van der Waals surface area contributed by atoms with E-state index >= 15 is 0 Å². The van der Waals surface area contributed by atoms with Crippen molar-refractivity contribution in [1.82, 2.24) is 10.2 Å². The highest BCUT2D eigenvalue weighted by atomic mass is 16.5. The minimum atomic E-state index is -0.283. The molecule has 1 rings (SSSR count). The zero-order valence-corrected chi connectivity index (χ0v) is 11.5. The van der Waals surface area contributed by atoms with Crippen LogP contribution < -0.4 is 5.32 Å². The number of methoxy groups -OCH3 is 1. The molecule has 102 valence electrons. The van der Waals surface area contributed by atoms with E-state index in [4.69, 9.17) is 4.74 Å². The lowest BCUT2D eigenvalue weighted by molar-refractivity contribution is 0.0412. The number of nitrogens with one attached hydrogen (secondary N) is 1. The molecule has 0 radical (unpaired) electrons. The van der Waals surface area contributed by atoms with Gasteiger partial charge in [0.15, 0.2) is 0 Å². The van der Waals surface area contributed by atoms with Crippen LogP contribution in [0.3, 0.4) is 0 Å². The molecule has 4 heteroatoms. The van der Waals surface area contributed by atoms with E-state index in [1.54, 1.807) is 7.11 Å². The molecule has 1 aliphatic heterocycles. The number of ether oxygens (including phenoxy) is 1. The lowest BCUT2D eigenvalue weighted by Gasteiger charge is -2.40. The van der Waals surface area contributed by atoms with Gasteiger partial charge in [-0.25, -0.2) is 0 Å². The molecule has 0 aromatic carbocycles. The Bertz CT molecular complexity index is 192. The Balaban J connectivity index is 2.21. The van der Waals surface area contributed by atoms with Crippen molar-refractivity contribution in [3.8, 4) is 0 Å². The summed E-state index contributed by atoms with van der Waals surface area (Å²) in [5, 5.41) is 13.2. The van der Waals surface area contributed by atoms with Gasteiger partial charge in [0, 0.05) is 38.8 Å². The van der Waals surface area contributed by atoms with E-state index < -0.39 is 0 Å². The van der Waals surface area contributed by atoms with Gasteiger partial charge in [0.2, 0.25) is 0 Å². The van der Waals surface area contributed by atoms with Gasteiger partial charge in [0.25, 0.3) is 0 Å². The third-order valence-corrected chi connectivity index (χ3v) is 3.66. The molecular weight excluding hydrogens is 216 g/mol. The van der Waals surface area contributed by atoms with Crippen molar-refractivity contribution in [2.75, 3.05) is 33.4 Å². The number of nitrogens with zero attached hydrogens (tertiary/aromatic N) is 1. The summed E-state index contributed by atoms with van der Waals surface area (Å²) in [6, 6.07) is 1.21. The zero-order chi connectivity index (χ0) is 12.7. The largest absolute Gasteiger partial charge is 0.390 e. The Morgan fingerprint density at radius 3 is 2.59 bits per heavy atom. The summed E-state index contributed by atoms with van der Waals surface area (Å²) in [6.45, 7) is 7.46. The van der Waals surface area contributed by atoms with Crippen LogP contribution in [0.5, 0.6) is 0 Å². The molecule has 0 saturated carbocycles. The molecule has 0 aliphatic carbocycles. The van der Waals surface area contributed by atoms with E-state index in [1.165, 1.54) is 19.3 Å². The topological polar surface area (TPSA) is 44.7 Å². The molecule has 0 aromatic rings. The number of likely N-dealkylation sites (tertiary alicyclic amines) is 1. The minimum absolute atomic E-state index is 0.283. The van der Waals surface area contributed by atoms with E-state index in [-0.39, 0.29) is 6.10 Å². The van der Waals surface area contributed by atoms with Crippen molar-refractivity contribution in [3.05, 3.63) is 0 Å². The van der Waals surface area contributed by atoms with E-state index in [2.05, 4.69) is 24.1 Å². The number of piperidine rings is 1. The fourth-order valence-corrected chi connectivity index (χ4v) is 2.59. The Labute approximate surface area is 105 Å². The van der Waals surface area contributed by atoms with Gasteiger partial charge in [-0.05, 0) is 26.7 Å². The maximum atomic E-state index is 9.99. The maximum Gasteiger partial charge on any atom is 0.0791 e. The number of aliphatic hydroxyl groups excluding tert-OH is 1. The Morgan fingerprint density at radius 2 is 2.00 bits per heavy atom. The molecule has 0 bridgehead atoms. The van der Waals surface area contributed by atoms with Gasteiger partial charge in [0.05, 0.1) is 12.7 Å². The lowest BCUT2D eigenvalue weighted by atomic mass is 9.97. The van der Waals surface area contributed by atoms with Gasteiger partial charge >= 0.3 is 0 Å². The number of rotatable bonds is 7. The molecular formula is C13H28N2O2. The number of hydrogen-bond acceptors (Lipinski definition) is 4. The predicted molar refractivity (Wildman–Crippen MR) is 70.2 cm³/mol. The van der Waals surface area contributed by atoms with E-state index in [1.807, 2.05) is 0 Å². The smallest absolute Gasteiger partial charge is 0.0791 e. The highest BCUT2D eigenvalue weighted by Crippen LogP contribution is 2.22. The summed E-state index contributed by atoms with van der Waals surface area (Å²) < 4.78 is 4.95. The van der Waals surface area contributed by atoms with Gasteiger partial charge in [-0.15, -0.1) is 0 Å². The second-order valence-corrected chi connectivity index (χ2v) is 5.18. The van der Waals surface area contributed by atoms with Crippen LogP contribution in [0.4, 0.5) is 0 Å². The molecule has 3 atom stereocenters. The molecule has 0 aromatic heterocycles. The first-order valence-corrected chi connectivity index (χ1v) is 6.78. The van der Waals surface area contributed by atoms with Crippen LogP contribution in [0, 0.1) is 0 Å². The first kappa shape index (κ1) is 14.9. The third-order valence-electron chi connectivity index (χ3n) is 3.66. The second-order valence-electron chi connectivity index (χ2n) is 5.18. The summed E-state index contributed by atoms with van der Waals surface area (Å²) in [6.07, 6.45) is 3.55. The van der Waals surface area contributed by atoms with Crippen molar-refractivity contribution < 1.29 is 9.84 Å². The number of aliphatic hydroxyl groups is 1. The number of hydrogen-bond donors (Lipinski definition) is 2. The summed E-state index contributed by atoms with van der Waals surface area (Å²) in [5.74, 6) is 0. The molecule has 1 unspecified atom stereocenters. The lowest BCUT2D eigenvalue weighted by Crippen LogP contribution is -2.49. The van der Waals surface area contributed by atoms with Crippen molar-refractivity contribution in [3.63, 3.8) is 0 Å². The van der Waals surface area contributed by atoms with Gasteiger partial charge in [-0.1, -0.05) is 6.42 Å². The molecule has 17 heavy (non-hydrogen) atoms. The van der Waals surface area contributed by atoms with Crippen molar-refractivity contribution in [2.24, 2.45) is 0 Å². The normalized spacial score (nSPS) is 28.2. The fourth-order valence-electron chi connectivity index (χ4n) is 2.59. The zero-order valence-electron chi connectivity index (χ0n) is 11.5. The predicted octanol–water partition coefficient (Wildman–Crippen LogP) is 0.846. The van der Waals surface area contributed by atoms with E-state index in [9.17, 15) is 5.11 Å². The van der Waals surface area contributed by atoms with E-state index in [0.29, 0.717) is 25.2 Å². The fraction of sp³-hybridized carbons (Fsp3) is 1.00. The summed E-state index contributed by atoms with van der Waals surface area (Å²) in [7, 11) is 1.69. The van der Waals surface area contributed by atoms with Gasteiger partial charge in [-0.3, -0.25) is 4.90 Å². The molecule has 1 aliphatic rings. The second kappa shape index (κ2) is 8.03. The van der Waals surface area contributed by atoms with Crippen molar-refractivity contribution in [1.29, 1.82) is 0 Å². The first-order valence-electron chi connectivity index (χ1n) is 6.78. The molecule has 1 fully saturated rings. The molecule has 4 nitrogen and oxygen atoms in total. The number of β-amino-alcohol motifs (C(OH)–C–C–N with tert-alkyl or cyclic N) is 1. The third kappa shape index (κ3) is 5.34. The van der Waals surface area contributed by atoms with Crippen molar-refractivity contribution >= 4 is 0 Å². The van der Waals surface area contributed by atoms with Crippen LogP contribution in [0.25, 0.3) is 0 Å². The van der Waals surface area contributed by atoms with E-state index in [0.717, 1.165) is 13.1 Å². The molecule has 0 amide bonds. The quantitative estimate of drug-likeness (QED) is 0.652. The molecule has 1 saturated heterocycles. The monoisotopic (exact) mass is 244 g/mol. The average Bonchev–Trinajstić information content (AvgIpc) is 2.30. The molecule has 2 N–H and O–H groups in total. The summed E-state index contributed by atoms with van der Waals surface area (Å²) in [5.41, 5.74) is 0. The van der Waals surface area contributed by atoms with Crippen LogP contribution in [0.2, 0.25) is 0 Å². The average molecular weight is 244 g/mol. The summed E-state index contributed by atoms with van der Waals surface area (Å²) in [4.78, 5) is 2.44. The highest BCUT2D eigenvalue weighted by molar-refractivity contribution is 4.81. The Morgan fingerprint density at radius 1 is 1.35 bits per heavy atom. The highest BCUT2D eigenvalue weighted by Gasteiger charge is 2.26. The molecule has 1 heterocycles. The van der Waals surface area contributed by atoms with Crippen LogP contribution >= 0.6 is 0 Å². The Hall–Kier alpha value is -0.160. The maximum absolute atomic E-state index is 9.99. The van der Waals surface area contributed by atoms with Gasteiger partial charge in [-0.2, -0.15) is 0 Å². The van der Waals surface area contributed by atoms with Gasteiger partial charge < -0.3 is 15.2 Å². The minimum Gasteiger partial charge on any atom is -0.390 e. The standard InChI is InChI=1S/C13H28N2O2/c1-11-5-4-6-12(2)15(11)10-13(16)9-14-7-8-17-3/h11-14,16H,4-10H2,1-3H3/t11-,12+,13?. The van der Waals surface area contributed by atoms with Crippen LogP contribution in [-0.2, 0) is 4.74 Å². The first-order chi connectivity index (χ1) is 8.15. The van der Waals surface area contributed by atoms with Crippen LogP contribution in [0.15, 0.2) is 0 Å². The summed E-state index contributed by atoms with van der Waals surface area (Å²) >= 11 is 0.